The molecule has 1 aliphatic heterocycles. The zero-order chi connectivity index (χ0) is 33.3. The molecule has 2 aliphatic rings. The molecular weight excluding hydrogens is 661 g/mol. The quantitative estimate of drug-likeness (QED) is 0.163. The number of fused-ring (bicyclic) bond motifs is 11. The van der Waals surface area contributed by atoms with Crippen LogP contribution in [0.25, 0.3) is 86.2 Å². The fourth-order valence-electron chi connectivity index (χ4n) is 8.99. The van der Waals surface area contributed by atoms with E-state index < -0.39 is 9.45 Å². The first-order valence-corrected chi connectivity index (χ1v) is 20.2. The monoisotopic (exact) mass is 690 g/mol. The van der Waals surface area contributed by atoms with Gasteiger partial charge in [-0.1, -0.05) is 145 Å². The van der Waals surface area contributed by atoms with Gasteiger partial charge in [-0.3, -0.25) is 0 Å². The van der Waals surface area contributed by atoms with E-state index in [4.69, 9.17) is 11.2 Å². The molecule has 50 heavy (non-hydrogen) atoms. The average Bonchev–Trinajstić information content (AvgIpc) is 3.75. The van der Waals surface area contributed by atoms with E-state index in [1.54, 1.807) is 0 Å². The van der Waals surface area contributed by atoms with Gasteiger partial charge in [0.05, 0.1) is 0 Å². The van der Waals surface area contributed by atoms with Gasteiger partial charge in [0.25, 0.3) is 0 Å². The predicted molar refractivity (Wildman–Crippen MR) is 219 cm³/mol. The van der Waals surface area contributed by atoms with Crippen molar-refractivity contribution in [1.82, 2.24) is 0 Å². The Morgan fingerprint density at radius 2 is 1.06 bits per heavy atom. The van der Waals surface area contributed by atoms with Gasteiger partial charge >= 0.3 is 0 Å². The maximum absolute atomic E-state index is 6.52. The van der Waals surface area contributed by atoms with Crippen molar-refractivity contribution in [2.75, 3.05) is 0 Å². The standard InChI is InChI=1S/C47H30S3/c1-47(2)38-20-10-7-13-28(38)29-24-23-27(25-39(29)47)42-32-16-3-5-18-34(32)43(35-19-6-4-17-33(35)42)44-45-36(30-14-8-11-21-40(30)49-45)26-37-31-15-9-12-22-41(31)50(48)46(37)44/h3-26H,1-2H3. The lowest BCUT2D eigenvalue weighted by molar-refractivity contribution is 0.660. The fraction of sp³-hybridized carbons (Fsp3) is 0.0638. The molecule has 0 fully saturated rings. The molecule has 1 aromatic heterocycles. The van der Waals surface area contributed by atoms with Crippen LogP contribution in [0.5, 0.6) is 0 Å². The molecule has 1 unspecified atom stereocenters. The van der Waals surface area contributed by atoms with E-state index in [0.29, 0.717) is 0 Å². The summed E-state index contributed by atoms with van der Waals surface area (Å²) in [5.74, 6) is 0. The highest BCUT2D eigenvalue weighted by atomic mass is 32.8. The van der Waals surface area contributed by atoms with Crippen LogP contribution in [0.15, 0.2) is 155 Å². The first kappa shape index (κ1) is 28.9. The molecule has 11 rings (SSSR count). The fourth-order valence-corrected chi connectivity index (χ4v) is 12.8. The van der Waals surface area contributed by atoms with Gasteiger partial charge in [0.2, 0.25) is 0 Å². The van der Waals surface area contributed by atoms with Crippen LogP contribution in [-0.2, 0) is 26.1 Å². The summed E-state index contributed by atoms with van der Waals surface area (Å²) in [5, 5.41) is 7.75. The van der Waals surface area contributed by atoms with E-state index >= 15 is 0 Å². The molecule has 0 saturated heterocycles. The third-order valence-corrected chi connectivity index (χ3v) is 15.0. The van der Waals surface area contributed by atoms with Gasteiger partial charge in [0.15, 0.2) is 0 Å². The lowest BCUT2D eigenvalue weighted by atomic mass is 9.80. The summed E-state index contributed by atoms with van der Waals surface area (Å²) in [6, 6.07) is 54.4. The molecule has 0 radical (unpaired) electrons. The van der Waals surface area contributed by atoms with Crippen LogP contribution in [0.2, 0.25) is 0 Å². The second kappa shape index (κ2) is 10.3. The van der Waals surface area contributed by atoms with Crippen molar-refractivity contribution in [3.63, 3.8) is 0 Å². The van der Waals surface area contributed by atoms with E-state index in [9.17, 15) is 0 Å². The summed E-state index contributed by atoms with van der Waals surface area (Å²) in [4.78, 5) is 2.58. The number of benzene rings is 8. The smallest absolute Gasteiger partial charge is 0.0446 e. The summed E-state index contributed by atoms with van der Waals surface area (Å²) >= 11 is 8.43. The summed E-state index contributed by atoms with van der Waals surface area (Å²) in [7, 11) is -0.478. The lowest BCUT2D eigenvalue weighted by Gasteiger charge is -2.23. The molecule has 0 N–H and O–H groups in total. The Kier molecular flexibility index (Phi) is 5.95. The average molecular weight is 691 g/mol. The first-order chi connectivity index (χ1) is 24.5. The SMILES string of the molecule is CC1(C)c2ccccc2-c2ccc(-c3c4ccccc4c(-c4c5c(cc6c4sc4ccccc46)-c4ccccc4S5=S)c4ccccc34)cc21. The second-order valence-corrected chi connectivity index (χ2v) is 17.6. The van der Waals surface area contributed by atoms with Crippen LogP contribution >= 0.6 is 11.3 Å². The van der Waals surface area contributed by atoms with Crippen LogP contribution in [0.3, 0.4) is 0 Å². The summed E-state index contributed by atoms with van der Waals surface area (Å²) in [6.45, 7) is 4.74. The summed E-state index contributed by atoms with van der Waals surface area (Å²) in [5.41, 5.74) is 13.2. The van der Waals surface area contributed by atoms with Gasteiger partial charge < -0.3 is 0 Å². The van der Waals surface area contributed by atoms with Crippen molar-refractivity contribution < 1.29 is 0 Å². The molecule has 9 aromatic rings. The maximum atomic E-state index is 6.52. The highest BCUT2D eigenvalue weighted by Crippen LogP contribution is 2.56. The minimum absolute atomic E-state index is 0.0702. The van der Waals surface area contributed by atoms with Gasteiger partial charge in [0.1, 0.15) is 0 Å². The Labute approximate surface area is 302 Å². The van der Waals surface area contributed by atoms with Crippen molar-refractivity contribution in [3.05, 3.63) is 157 Å². The van der Waals surface area contributed by atoms with Crippen LogP contribution in [0.4, 0.5) is 0 Å². The van der Waals surface area contributed by atoms with E-state index in [1.807, 2.05) is 11.3 Å². The molecular formula is C47H30S3. The van der Waals surface area contributed by atoms with Gasteiger partial charge in [-0.15, -0.1) is 11.3 Å². The van der Waals surface area contributed by atoms with Crippen LogP contribution in [-0.4, -0.2) is 0 Å². The number of rotatable bonds is 2. The third kappa shape index (κ3) is 3.72. The second-order valence-electron chi connectivity index (χ2n) is 14.1. The van der Waals surface area contributed by atoms with E-state index in [0.717, 1.165) is 0 Å². The molecule has 236 valence electrons. The van der Waals surface area contributed by atoms with Crippen molar-refractivity contribution in [1.29, 1.82) is 0 Å². The van der Waals surface area contributed by atoms with Crippen LogP contribution in [0, 0.1) is 0 Å². The van der Waals surface area contributed by atoms with Crippen molar-refractivity contribution in [3.8, 4) is 44.5 Å². The Balaban J connectivity index is 1.28. The van der Waals surface area contributed by atoms with E-state index in [2.05, 4.69) is 159 Å². The zero-order valence-electron chi connectivity index (χ0n) is 27.6. The van der Waals surface area contributed by atoms with Crippen molar-refractivity contribution in [2.45, 2.75) is 29.1 Å². The minimum atomic E-state index is -0.478. The molecule has 0 amide bonds. The highest BCUT2D eigenvalue weighted by molar-refractivity contribution is 8.29. The molecule has 0 nitrogen and oxygen atoms in total. The predicted octanol–water partition coefficient (Wildman–Crippen LogP) is 13.5. The molecule has 1 atom stereocenters. The number of hydrogen-bond donors (Lipinski definition) is 0. The minimum Gasteiger partial charge on any atom is -0.134 e. The largest absolute Gasteiger partial charge is 0.134 e. The van der Waals surface area contributed by atoms with Gasteiger partial charge in [-0.25, -0.2) is 0 Å². The van der Waals surface area contributed by atoms with Gasteiger partial charge in [0, 0.05) is 40.9 Å². The van der Waals surface area contributed by atoms with Crippen LogP contribution in [0.1, 0.15) is 25.0 Å². The normalized spacial score (nSPS) is 15.4. The molecule has 2 heterocycles. The lowest BCUT2D eigenvalue weighted by Crippen LogP contribution is -2.14. The summed E-state index contributed by atoms with van der Waals surface area (Å²) in [6.07, 6.45) is 0. The van der Waals surface area contributed by atoms with Crippen molar-refractivity contribution in [2.24, 2.45) is 0 Å². The van der Waals surface area contributed by atoms with Gasteiger partial charge in [-0.05, 0) is 107 Å². The van der Waals surface area contributed by atoms with E-state index in [1.165, 1.54) is 107 Å². The molecule has 0 spiro atoms. The third-order valence-electron chi connectivity index (χ3n) is 11.2. The van der Waals surface area contributed by atoms with E-state index in [-0.39, 0.29) is 5.41 Å². The number of hydrogen-bond acceptors (Lipinski definition) is 2. The Morgan fingerprint density at radius 3 is 1.80 bits per heavy atom. The Morgan fingerprint density at radius 1 is 0.480 bits per heavy atom. The highest BCUT2D eigenvalue weighted by Gasteiger charge is 2.36. The Hall–Kier alpha value is -4.93. The van der Waals surface area contributed by atoms with Crippen LogP contribution < -0.4 is 0 Å². The van der Waals surface area contributed by atoms with Gasteiger partial charge in [-0.2, -0.15) is 0 Å². The number of thiophene rings is 1. The molecule has 0 bridgehead atoms. The Bertz CT molecular complexity index is 2920. The van der Waals surface area contributed by atoms with Crippen molar-refractivity contribution >= 4 is 73.7 Å². The molecule has 0 saturated carbocycles. The first-order valence-electron chi connectivity index (χ1n) is 17.2. The summed E-state index contributed by atoms with van der Waals surface area (Å²) < 4.78 is 2.65. The molecule has 3 heteroatoms. The molecule has 8 aromatic carbocycles. The maximum Gasteiger partial charge on any atom is 0.0446 e. The zero-order valence-corrected chi connectivity index (χ0v) is 30.0. The molecule has 1 aliphatic carbocycles. The topological polar surface area (TPSA) is 0 Å².